The van der Waals surface area contributed by atoms with Gasteiger partial charge < -0.3 is 5.32 Å². The highest BCUT2D eigenvalue weighted by atomic mass is 79.9. The van der Waals surface area contributed by atoms with E-state index in [-0.39, 0.29) is 24.0 Å². The van der Waals surface area contributed by atoms with Crippen LogP contribution in [-0.4, -0.2) is 31.4 Å². The molecule has 0 aromatic heterocycles. The molecule has 0 bridgehead atoms. The van der Waals surface area contributed by atoms with Crippen molar-refractivity contribution in [2.24, 2.45) is 0 Å². The van der Waals surface area contributed by atoms with Crippen LogP contribution in [-0.2, 0) is 21.4 Å². The Kier molecular flexibility index (Phi) is 9.49. The number of nitrogens with zero attached hydrogens (tertiary/aromatic N) is 1. The van der Waals surface area contributed by atoms with Gasteiger partial charge in [-0.05, 0) is 72.8 Å². The summed E-state index contributed by atoms with van der Waals surface area (Å²) >= 11 is 17.1. The minimum absolute atomic E-state index is 0.0422. The molecule has 0 aliphatic rings. The maximum absolute atomic E-state index is 13.4. The van der Waals surface area contributed by atoms with Gasteiger partial charge in [-0.1, -0.05) is 57.3 Å². The largest absolute Gasteiger partial charge is 0.348 e. The SMILES string of the molecule is CSc1ccc(C(C)NC(=O)CN(Cc2ccc(Cl)c(Cl)c2)S(=O)(=O)c2ccc(Br)cc2)cc1. The van der Waals surface area contributed by atoms with E-state index in [0.717, 1.165) is 19.2 Å². The second-order valence-electron chi connectivity index (χ2n) is 7.54. The van der Waals surface area contributed by atoms with E-state index in [1.807, 2.05) is 37.4 Å². The lowest BCUT2D eigenvalue weighted by atomic mass is 10.1. The van der Waals surface area contributed by atoms with Gasteiger partial charge in [-0.25, -0.2) is 8.42 Å². The number of benzene rings is 3. The molecule has 1 amide bonds. The minimum Gasteiger partial charge on any atom is -0.348 e. The van der Waals surface area contributed by atoms with Gasteiger partial charge in [-0.2, -0.15) is 4.31 Å². The summed E-state index contributed by atoms with van der Waals surface area (Å²) in [5, 5.41) is 3.58. The molecule has 3 aromatic rings. The van der Waals surface area contributed by atoms with Crippen LogP contribution in [0, 0.1) is 0 Å². The van der Waals surface area contributed by atoms with Crippen molar-refractivity contribution in [3.8, 4) is 0 Å². The summed E-state index contributed by atoms with van der Waals surface area (Å²) in [6.07, 6.45) is 1.99. The van der Waals surface area contributed by atoms with Crippen molar-refractivity contribution in [1.82, 2.24) is 9.62 Å². The molecule has 3 rings (SSSR count). The van der Waals surface area contributed by atoms with Gasteiger partial charge in [0.1, 0.15) is 0 Å². The number of amides is 1. The van der Waals surface area contributed by atoms with E-state index in [1.54, 1.807) is 42.1 Å². The second kappa shape index (κ2) is 11.9. The molecule has 0 heterocycles. The van der Waals surface area contributed by atoms with E-state index in [1.165, 1.54) is 12.1 Å². The quantitative estimate of drug-likeness (QED) is 0.283. The van der Waals surface area contributed by atoms with Crippen LogP contribution in [0.4, 0.5) is 0 Å². The molecule has 1 atom stereocenters. The lowest BCUT2D eigenvalue weighted by molar-refractivity contribution is -0.122. The molecule has 0 aliphatic heterocycles. The predicted octanol–water partition coefficient (Wildman–Crippen LogP) is 6.55. The number of halogens is 3. The van der Waals surface area contributed by atoms with Crippen molar-refractivity contribution in [3.63, 3.8) is 0 Å². The van der Waals surface area contributed by atoms with Gasteiger partial charge in [-0.15, -0.1) is 11.8 Å². The van der Waals surface area contributed by atoms with E-state index >= 15 is 0 Å². The van der Waals surface area contributed by atoms with E-state index in [0.29, 0.717) is 15.6 Å². The average molecular weight is 602 g/mol. The molecular weight excluding hydrogens is 579 g/mol. The first-order valence-electron chi connectivity index (χ1n) is 10.2. The smallest absolute Gasteiger partial charge is 0.243 e. The second-order valence-corrected chi connectivity index (χ2v) is 12.1. The summed E-state index contributed by atoms with van der Waals surface area (Å²) < 4.78 is 28.7. The molecule has 1 unspecified atom stereocenters. The van der Waals surface area contributed by atoms with Crippen LogP contribution < -0.4 is 5.32 Å². The third-order valence-electron chi connectivity index (χ3n) is 5.11. The molecule has 5 nitrogen and oxygen atoms in total. The molecule has 1 N–H and O–H groups in total. The molecule has 0 saturated heterocycles. The standard InChI is InChI=1S/C24H23BrCl2N2O3S2/c1-16(18-4-8-20(33-2)9-5-18)28-24(30)15-29(14-17-3-12-22(26)23(27)13-17)34(31,32)21-10-6-19(25)7-11-21/h3-13,16H,14-15H2,1-2H3,(H,28,30). The number of rotatable bonds is 9. The van der Waals surface area contributed by atoms with Gasteiger partial charge >= 0.3 is 0 Å². The van der Waals surface area contributed by atoms with Crippen molar-refractivity contribution in [2.75, 3.05) is 12.8 Å². The monoisotopic (exact) mass is 600 g/mol. The number of carbonyl (C=O) groups is 1. The van der Waals surface area contributed by atoms with Crippen LogP contribution in [0.1, 0.15) is 24.1 Å². The molecule has 180 valence electrons. The summed E-state index contributed by atoms with van der Waals surface area (Å²) in [6, 6.07) is 18.7. The Labute approximate surface area is 223 Å². The summed E-state index contributed by atoms with van der Waals surface area (Å²) in [7, 11) is -3.97. The van der Waals surface area contributed by atoms with Gasteiger partial charge in [0.25, 0.3) is 0 Å². The van der Waals surface area contributed by atoms with Crippen LogP contribution >= 0.6 is 50.9 Å². The molecule has 0 saturated carbocycles. The molecular formula is C24H23BrCl2N2O3S2. The van der Waals surface area contributed by atoms with E-state index < -0.39 is 15.9 Å². The van der Waals surface area contributed by atoms with Gasteiger partial charge in [-0.3, -0.25) is 4.79 Å². The Morgan fingerprint density at radius 1 is 1.03 bits per heavy atom. The van der Waals surface area contributed by atoms with Crippen molar-refractivity contribution < 1.29 is 13.2 Å². The van der Waals surface area contributed by atoms with E-state index in [4.69, 9.17) is 23.2 Å². The fourth-order valence-electron chi connectivity index (χ4n) is 3.25. The third kappa shape index (κ3) is 6.99. The Morgan fingerprint density at radius 3 is 2.26 bits per heavy atom. The lowest BCUT2D eigenvalue weighted by Gasteiger charge is -2.23. The Bertz CT molecular complexity index is 1250. The fraction of sp³-hybridized carbons (Fsp3) is 0.208. The first-order chi connectivity index (χ1) is 16.1. The first kappa shape index (κ1) is 27.0. The van der Waals surface area contributed by atoms with Crippen molar-refractivity contribution in [3.05, 3.63) is 92.4 Å². The Morgan fingerprint density at radius 2 is 1.68 bits per heavy atom. The number of sulfonamides is 1. The lowest BCUT2D eigenvalue weighted by Crippen LogP contribution is -2.41. The molecule has 0 aliphatic carbocycles. The molecule has 10 heteroatoms. The maximum Gasteiger partial charge on any atom is 0.243 e. The highest BCUT2D eigenvalue weighted by molar-refractivity contribution is 9.10. The third-order valence-corrected chi connectivity index (χ3v) is 8.92. The highest BCUT2D eigenvalue weighted by Crippen LogP contribution is 2.26. The maximum atomic E-state index is 13.4. The Balaban J connectivity index is 1.83. The number of hydrogen-bond donors (Lipinski definition) is 1. The number of nitrogens with one attached hydrogen (secondary N) is 1. The van der Waals surface area contributed by atoms with Crippen molar-refractivity contribution in [2.45, 2.75) is 29.3 Å². The summed E-state index contributed by atoms with van der Waals surface area (Å²) in [5.74, 6) is -0.415. The minimum atomic E-state index is -3.97. The van der Waals surface area contributed by atoms with Gasteiger partial charge in [0.2, 0.25) is 15.9 Å². The molecule has 34 heavy (non-hydrogen) atoms. The van der Waals surface area contributed by atoms with Crippen molar-refractivity contribution >= 4 is 66.8 Å². The predicted molar refractivity (Wildman–Crippen MR) is 143 cm³/mol. The fourth-order valence-corrected chi connectivity index (χ4v) is 5.62. The van der Waals surface area contributed by atoms with E-state index in [2.05, 4.69) is 21.2 Å². The van der Waals surface area contributed by atoms with Crippen LogP contribution in [0.2, 0.25) is 10.0 Å². The molecule has 0 spiro atoms. The zero-order valence-corrected chi connectivity index (χ0v) is 23.2. The zero-order valence-electron chi connectivity index (χ0n) is 18.5. The number of carbonyl (C=O) groups excluding carboxylic acids is 1. The van der Waals surface area contributed by atoms with Crippen LogP contribution in [0.25, 0.3) is 0 Å². The summed E-state index contributed by atoms with van der Waals surface area (Å²) in [6.45, 7) is 1.46. The topological polar surface area (TPSA) is 66.5 Å². The summed E-state index contributed by atoms with van der Waals surface area (Å²) in [5.41, 5.74) is 1.54. The van der Waals surface area contributed by atoms with Crippen LogP contribution in [0.15, 0.2) is 81.0 Å². The normalized spacial score (nSPS) is 12.5. The number of hydrogen-bond acceptors (Lipinski definition) is 4. The van der Waals surface area contributed by atoms with Gasteiger partial charge in [0.05, 0.1) is 27.5 Å². The van der Waals surface area contributed by atoms with E-state index in [9.17, 15) is 13.2 Å². The summed E-state index contributed by atoms with van der Waals surface area (Å²) in [4.78, 5) is 14.1. The van der Waals surface area contributed by atoms with Gasteiger partial charge in [0.15, 0.2) is 0 Å². The first-order valence-corrected chi connectivity index (χ1v) is 14.4. The number of thioether (sulfide) groups is 1. The van der Waals surface area contributed by atoms with Crippen molar-refractivity contribution in [1.29, 1.82) is 0 Å². The van der Waals surface area contributed by atoms with Crippen LogP contribution in [0.5, 0.6) is 0 Å². The zero-order chi connectivity index (χ0) is 24.9. The highest BCUT2D eigenvalue weighted by Gasteiger charge is 2.27. The average Bonchev–Trinajstić information content (AvgIpc) is 2.81. The molecule has 3 aromatic carbocycles. The molecule has 0 radical (unpaired) electrons. The van der Waals surface area contributed by atoms with Crippen LogP contribution in [0.3, 0.4) is 0 Å². The molecule has 0 fully saturated rings. The Hall–Kier alpha value is -1.55. The van der Waals surface area contributed by atoms with Gasteiger partial charge in [0, 0.05) is 15.9 Å².